The first-order valence-corrected chi connectivity index (χ1v) is 4.50. The number of hydrogen-bond acceptors (Lipinski definition) is 3. The first-order valence-electron chi connectivity index (χ1n) is 4.50. The Hall–Kier alpha value is -1.71. The molecule has 0 saturated heterocycles. The van der Waals surface area contributed by atoms with Crippen LogP contribution in [-0.4, -0.2) is 21.2 Å². The zero-order chi connectivity index (χ0) is 10.1. The summed E-state index contributed by atoms with van der Waals surface area (Å²) in [5, 5.41) is 9.19. The average Bonchev–Trinajstić information content (AvgIpc) is 2.42. The molecule has 0 fully saturated rings. The number of fused-ring (bicyclic) bond motifs is 1. The van der Waals surface area contributed by atoms with Gasteiger partial charge in [-0.05, 0) is 19.9 Å². The maximum atomic E-state index is 9.19. The summed E-state index contributed by atoms with van der Waals surface area (Å²) >= 11 is 0. The molecule has 0 radical (unpaired) electrons. The maximum Gasteiger partial charge on any atom is 0.214 e. The lowest BCUT2D eigenvalue weighted by molar-refractivity contribution is 0.233. The van der Waals surface area contributed by atoms with Crippen LogP contribution >= 0.6 is 0 Å². The number of H-pyrrole nitrogens is 1. The van der Waals surface area contributed by atoms with Crippen molar-refractivity contribution in [3.8, 4) is 11.8 Å². The summed E-state index contributed by atoms with van der Waals surface area (Å²) in [6.07, 6.45) is 0.104. The molecule has 0 aromatic carbocycles. The van der Waals surface area contributed by atoms with Crippen LogP contribution in [0, 0.1) is 0 Å². The molecule has 2 aromatic heterocycles. The van der Waals surface area contributed by atoms with Crippen LogP contribution in [0.15, 0.2) is 18.2 Å². The van der Waals surface area contributed by atoms with Gasteiger partial charge in [0.2, 0.25) is 5.88 Å². The van der Waals surface area contributed by atoms with Crippen LogP contribution in [0.4, 0.5) is 0 Å². The number of rotatable bonds is 2. The van der Waals surface area contributed by atoms with Gasteiger partial charge in [-0.2, -0.15) is 0 Å². The molecule has 0 atom stereocenters. The molecule has 2 aromatic rings. The van der Waals surface area contributed by atoms with Crippen molar-refractivity contribution in [3.05, 3.63) is 18.2 Å². The number of aromatic nitrogens is 2. The molecule has 0 aliphatic rings. The zero-order valence-corrected chi connectivity index (χ0v) is 8.11. The molecule has 14 heavy (non-hydrogen) atoms. The molecule has 2 rings (SSSR count). The lowest BCUT2D eigenvalue weighted by Gasteiger charge is -2.07. The molecule has 0 saturated carbocycles. The van der Waals surface area contributed by atoms with Crippen LogP contribution in [0.3, 0.4) is 0 Å². The van der Waals surface area contributed by atoms with Crippen molar-refractivity contribution >= 4 is 11.0 Å². The van der Waals surface area contributed by atoms with Crippen LogP contribution in [0.1, 0.15) is 13.8 Å². The molecule has 0 aliphatic heterocycles. The van der Waals surface area contributed by atoms with Crippen LogP contribution in [-0.2, 0) is 0 Å². The highest BCUT2D eigenvalue weighted by Crippen LogP contribution is 2.20. The van der Waals surface area contributed by atoms with Gasteiger partial charge in [0.05, 0.1) is 17.1 Å². The Balaban J connectivity index is 2.40. The fraction of sp³-hybridized carbons (Fsp3) is 0.300. The molecule has 0 amide bonds. The van der Waals surface area contributed by atoms with E-state index in [0.29, 0.717) is 11.4 Å². The molecule has 0 aliphatic carbocycles. The highest BCUT2D eigenvalue weighted by atomic mass is 16.5. The van der Waals surface area contributed by atoms with Gasteiger partial charge in [0, 0.05) is 12.1 Å². The van der Waals surface area contributed by atoms with E-state index < -0.39 is 0 Å². The monoisotopic (exact) mass is 192 g/mol. The molecule has 4 heteroatoms. The minimum atomic E-state index is 0.104. The Morgan fingerprint density at radius 1 is 1.43 bits per heavy atom. The summed E-state index contributed by atoms with van der Waals surface area (Å²) in [7, 11) is 0. The fourth-order valence-electron chi connectivity index (χ4n) is 1.28. The van der Waals surface area contributed by atoms with E-state index in [-0.39, 0.29) is 12.0 Å². The molecule has 4 nitrogen and oxygen atoms in total. The minimum absolute atomic E-state index is 0.104. The summed E-state index contributed by atoms with van der Waals surface area (Å²) in [4.78, 5) is 7.00. The number of aromatic amines is 1. The topological polar surface area (TPSA) is 58.1 Å². The van der Waals surface area contributed by atoms with Gasteiger partial charge in [-0.25, -0.2) is 4.98 Å². The first kappa shape index (κ1) is 8.87. The number of ether oxygens (including phenoxy) is 1. The number of aromatic hydroxyl groups is 1. The standard InChI is InChI=1S/C10H12N2O2/c1-6(2)14-10-4-3-7-8(12-10)5-9(13)11-7/h3-6,11,13H,1-2H3. The quantitative estimate of drug-likeness (QED) is 0.765. The van der Waals surface area contributed by atoms with Crippen LogP contribution in [0.2, 0.25) is 0 Å². The summed E-state index contributed by atoms with van der Waals surface area (Å²) in [6.45, 7) is 3.89. The van der Waals surface area contributed by atoms with E-state index in [1.54, 1.807) is 12.1 Å². The second kappa shape index (κ2) is 3.21. The molecule has 0 bridgehead atoms. The number of pyridine rings is 1. The van der Waals surface area contributed by atoms with E-state index in [1.165, 1.54) is 0 Å². The Morgan fingerprint density at radius 3 is 2.93 bits per heavy atom. The van der Waals surface area contributed by atoms with E-state index in [2.05, 4.69) is 9.97 Å². The summed E-state index contributed by atoms with van der Waals surface area (Å²) < 4.78 is 5.42. The zero-order valence-electron chi connectivity index (χ0n) is 8.11. The van der Waals surface area contributed by atoms with E-state index in [1.807, 2.05) is 19.9 Å². The number of hydrogen-bond donors (Lipinski definition) is 2. The van der Waals surface area contributed by atoms with Gasteiger partial charge in [-0.1, -0.05) is 0 Å². The molecule has 2 heterocycles. The summed E-state index contributed by atoms with van der Waals surface area (Å²) in [5.74, 6) is 0.695. The smallest absolute Gasteiger partial charge is 0.214 e. The van der Waals surface area contributed by atoms with Crippen LogP contribution in [0.5, 0.6) is 11.8 Å². The minimum Gasteiger partial charge on any atom is -0.495 e. The van der Waals surface area contributed by atoms with Gasteiger partial charge >= 0.3 is 0 Å². The molecular formula is C10H12N2O2. The molecule has 2 N–H and O–H groups in total. The third kappa shape index (κ3) is 1.64. The lowest BCUT2D eigenvalue weighted by atomic mass is 10.4. The predicted molar refractivity (Wildman–Crippen MR) is 53.5 cm³/mol. The highest BCUT2D eigenvalue weighted by Gasteiger charge is 2.03. The highest BCUT2D eigenvalue weighted by molar-refractivity contribution is 5.77. The van der Waals surface area contributed by atoms with Gasteiger partial charge in [0.25, 0.3) is 0 Å². The number of nitrogens with zero attached hydrogens (tertiary/aromatic N) is 1. The normalized spacial score (nSPS) is 11.1. The summed E-state index contributed by atoms with van der Waals surface area (Å²) in [6, 6.07) is 5.18. The fourth-order valence-corrected chi connectivity index (χ4v) is 1.28. The van der Waals surface area contributed by atoms with Crippen LogP contribution in [0.25, 0.3) is 11.0 Å². The van der Waals surface area contributed by atoms with Crippen molar-refractivity contribution in [1.82, 2.24) is 9.97 Å². The van der Waals surface area contributed by atoms with Gasteiger partial charge in [-0.15, -0.1) is 0 Å². The van der Waals surface area contributed by atoms with Crippen molar-refractivity contribution in [2.24, 2.45) is 0 Å². The first-order chi connectivity index (χ1) is 6.65. The van der Waals surface area contributed by atoms with Gasteiger partial charge in [0.15, 0.2) is 5.88 Å². The molecule has 0 spiro atoms. The Morgan fingerprint density at radius 2 is 2.21 bits per heavy atom. The second-order valence-electron chi connectivity index (χ2n) is 3.40. The molecule has 74 valence electrons. The molecule has 0 unspecified atom stereocenters. The van der Waals surface area contributed by atoms with E-state index >= 15 is 0 Å². The largest absolute Gasteiger partial charge is 0.495 e. The van der Waals surface area contributed by atoms with Crippen molar-refractivity contribution < 1.29 is 9.84 Å². The third-order valence-corrected chi connectivity index (χ3v) is 1.79. The van der Waals surface area contributed by atoms with E-state index in [4.69, 9.17) is 4.74 Å². The number of nitrogens with one attached hydrogen (secondary N) is 1. The molecular weight excluding hydrogens is 180 g/mol. The van der Waals surface area contributed by atoms with Crippen LogP contribution < -0.4 is 4.74 Å². The van der Waals surface area contributed by atoms with E-state index in [9.17, 15) is 5.11 Å². The van der Waals surface area contributed by atoms with Crippen molar-refractivity contribution in [2.75, 3.05) is 0 Å². The Kier molecular flexibility index (Phi) is 2.04. The average molecular weight is 192 g/mol. The van der Waals surface area contributed by atoms with E-state index in [0.717, 1.165) is 5.52 Å². The predicted octanol–water partition coefficient (Wildman–Crippen LogP) is 2.06. The van der Waals surface area contributed by atoms with Gasteiger partial charge in [-0.3, -0.25) is 0 Å². The van der Waals surface area contributed by atoms with Crippen molar-refractivity contribution in [2.45, 2.75) is 20.0 Å². The Labute approximate surface area is 81.5 Å². The lowest BCUT2D eigenvalue weighted by Crippen LogP contribution is -2.06. The van der Waals surface area contributed by atoms with Gasteiger partial charge < -0.3 is 14.8 Å². The second-order valence-corrected chi connectivity index (χ2v) is 3.40. The van der Waals surface area contributed by atoms with Gasteiger partial charge in [0.1, 0.15) is 0 Å². The third-order valence-electron chi connectivity index (χ3n) is 1.79. The maximum absolute atomic E-state index is 9.19. The summed E-state index contributed by atoms with van der Waals surface area (Å²) in [5.41, 5.74) is 1.51. The SMILES string of the molecule is CC(C)Oc1ccc2[nH]c(O)cc2n1. The van der Waals surface area contributed by atoms with Crippen molar-refractivity contribution in [3.63, 3.8) is 0 Å². The van der Waals surface area contributed by atoms with Crippen molar-refractivity contribution in [1.29, 1.82) is 0 Å². The Bertz CT molecular complexity index is 448.